The number of benzene rings is 2. The second-order valence-electron chi connectivity index (χ2n) is 7.60. The van der Waals surface area contributed by atoms with Crippen molar-refractivity contribution >= 4 is 58.2 Å². The third-order valence-electron chi connectivity index (χ3n) is 4.94. The molecule has 4 rings (SSSR count). The summed E-state index contributed by atoms with van der Waals surface area (Å²) in [5.41, 5.74) is 2.59. The number of amides is 2. The molecule has 8 nitrogen and oxygen atoms in total. The van der Waals surface area contributed by atoms with Gasteiger partial charge in [0.05, 0.1) is 22.2 Å². The number of aromatic amines is 1. The minimum atomic E-state index is -0.982. The number of carbonyl (C=O) groups is 2. The van der Waals surface area contributed by atoms with E-state index in [-0.39, 0.29) is 23.8 Å². The summed E-state index contributed by atoms with van der Waals surface area (Å²) in [4.78, 5) is 45.0. The number of halogens is 2. The Morgan fingerprint density at radius 1 is 1.09 bits per heavy atom. The van der Waals surface area contributed by atoms with Gasteiger partial charge in [-0.1, -0.05) is 29.3 Å². The first-order valence-corrected chi connectivity index (χ1v) is 10.5. The molecule has 10 heteroatoms. The van der Waals surface area contributed by atoms with Crippen LogP contribution in [0.2, 0.25) is 10.0 Å². The van der Waals surface area contributed by atoms with E-state index in [0.29, 0.717) is 21.4 Å². The summed E-state index contributed by atoms with van der Waals surface area (Å²) in [5, 5.41) is 9.05. The van der Waals surface area contributed by atoms with Crippen molar-refractivity contribution in [3.8, 4) is 0 Å². The van der Waals surface area contributed by atoms with Crippen LogP contribution >= 0.6 is 23.2 Å². The Kier molecular flexibility index (Phi) is 5.90. The van der Waals surface area contributed by atoms with Crippen LogP contribution in [0.4, 0.5) is 23.1 Å². The molecule has 0 fully saturated rings. The molecule has 0 saturated heterocycles. The number of anilines is 4. The summed E-state index contributed by atoms with van der Waals surface area (Å²) >= 11 is 12.1. The van der Waals surface area contributed by atoms with Crippen molar-refractivity contribution in [3.63, 3.8) is 0 Å². The monoisotopic (exact) mass is 471 g/mol. The molecule has 0 aliphatic carbocycles. The maximum Gasteiger partial charge on any atom is 0.258 e. The number of carbonyl (C=O) groups excluding carboxylic acids is 2. The zero-order chi connectivity index (χ0) is 23.0. The van der Waals surface area contributed by atoms with E-state index in [0.717, 1.165) is 11.1 Å². The highest BCUT2D eigenvalue weighted by Gasteiger charge is 2.34. The first-order valence-electron chi connectivity index (χ1n) is 9.75. The van der Waals surface area contributed by atoms with Gasteiger partial charge in [0.25, 0.3) is 5.56 Å². The van der Waals surface area contributed by atoms with Crippen LogP contribution in [0.1, 0.15) is 29.0 Å². The molecule has 1 aliphatic rings. The lowest BCUT2D eigenvalue weighted by Crippen LogP contribution is -2.36. The lowest BCUT2D eigenvalue weighted by molar-refractivity contribution is -0.123. The predicted molar refractivity (Wildman–Crippen MR) is 125 cm³/mol. The van der Waals surface area contributed by atoms with E-state index in [1.54, 1.807) is 12.1 Å². The van der Waals surface area contributed by atoms with Gasteiger partial charge in [-0.05, 0) is 55.3 Å². The van der Waals surface area contributed by atoms with Crippen molar-refractivity contribution in [3.05, 3.63) is 73.5 Å². The van der Waals surface area contributed by atoms with Gasteiger partial charge < -0.3 is 16.0 Å². The van der Waals surface area contributed by atoms with E-state index < -0.39 is 23.3 Å². The Bertz CT molecular complexity index is 1280. The average Bonchev–Trinajstić information content (AvgIpc) is 2.68. The van der Waals surface area contributed by atoms with E-state index in [2.05, 4.69) is 25.9 Å². The molecule has 1 atom stereocenters. The summed E-state index contributed by atoms with van der Waals surface area (Å²) < 4.78 is 0. The van der Waals surface area contributed by atoms with E-state index in [4.69, 9.17) is 23.2 Å². The number of nitrogens with zero attached hydrogens (tertiary/aromatic N) is 1. The van der Waals surface area contributed by atoms with Crippen LogP contribution in [0.15, 0.2) is 41.2 Å². The maximum atomic E-state index is 13.0. The highest BCUT2D eigenvalue weighted by molar-refractivity contribution is 6.36. The van der Waals surface area contributed by atoms with E-state index in [1.165, 1.54) is 6.07 Å². The molecule has 164 valence electrons. The fraction of sp³-hybridized carbons (Fsp3) is 0.182. The molecular weight excluding hydrogens is 453 g/mol. The molecule has 2 heterocycles. The van der Waals surface area contributed by atoms with Gasteiger partial charge in [0.15, 0.2) is 0 Å². The lowest BCUT2D eigenvalue weighted by Gasteiger charge is -2.24. The van der Waals surface area contributed by atoms with Gasteiger partial charge in [-0.2, -0.15) is 4.98 Å². The molecule has 2 aromatic carbocycles. The van der Waals surface area contributed by atoms with Gasteiger partial charge in [0.2, 0.25) is 17.8 Å². The van der Waals surface area contributed by atoms with E-state index >= 15 is 0 Å². The van der Waals surface area contributed by atoms with Gasteiger partial charge in [0, 0.05) is 17.1 Å². The predicted octanol–water partition coefficient (Wildman–Crippen LogP) is 4.50. The highest BCUT2D eigenvalue weighted by Crippen LogP contribution is 2.31. The number of hydrogen-bond donors (Lipinski definition) is 4. The standard InChI is InChI=1S/C22H19Cl2N5O3/c1-10-5-11(2)7-13(6-10)25-20(31)14-9-17(30)27-19-18(14)21(32)29-22(28-19)26-16-4-3-12(23)8-15(16)24/h3-8,14H,9H2,1-2H3,(H,25,31)(H3,26,27,28,29,30,32)/t14-/m1/s1. The summed E-state index contributed by atoms with van der Waals surface area (Å²) in [5.74, 6) is -1.76. The summed E-state index contributed by atoms with van der Waals surface area (Å²) in [7, 11) is 0. The number of aromatic nitrogens is 2. The molecule has 0 unspecified atom stereocenters. The highest BCUT2D eigenvalue weighted by atomic mass is 35.5. The number of nitrogens with one attached hydrogen (secondary N) is 4. The SMILES string of the molecule is Cc1cc(C)cc(NC(=O)[C@@H]2CC(=O)Nc3nc(Nc4ccc(Cl)cc4Cl)[nH]c(=O)c32)c1. The third-order valence-corrected chi connectivity index (χ3v) is 5.49. The van der Waals surface area contributed by atoms with E-state index in [9.17, 15) is 14.4 Å². The molecule has 0 spiro atoms. The molecule has 1 aliphatic heterocycles. The number of fused-ring (bicyclic) bond motifs is 1. The molecule has 0 radical (unpaired) electrons. The minimum Gasteiger partial charge on any atom is -0.326 e. The number of rotatable bonds is 4. The second kappa shape index (κ2) is 8.64. The Balaban J connectivity index is 1.65. The Morgan fingerprint density at radius 2 is 1.81 bits per heavy atom. The number of hydrogen-bond acceptors (Lipinski definition) is 5. The normalized spacial score (nSPS) is 15.0. The van der Waals surface area contributed by atoms with Crippen LogP contribution in [0.3, 0.4) is 0 Å². The summed E-state index contributed by atoms with van der Waals surface area (Å²) in [6.45, 7) is 3.84. The van der Waals surface area contributed by atoms with Crippen LogP contribution in [0.25, 0.3) is 0 Å². The van der Waals surface area contributed by atoms with Gasteiger partial charge in [-0.15, -0.1) is 0 Å². The topological polar surface area (TPSA) is 116 Å². The summed E-state index contributed by atoms with van der Waals surface area (Å²) in [6.07, 6.45) is -0.163. The third kappa shape index (κ3) is 4.61. The molecule has 1 aromatic heterocycles. The number of aryl methyl sites for hydroxylation is 2. The fourth-order valence-electron chi connectivity index (χ4n) is 3.65. The van der Waals surface area contributed by atoms with Crippen LogP contribution in [-0.2, 0) is 9.59 Å². The molecule has 0 saturated carbocycles. The zero-order valence-electron chi connectivity index (χ0n) is 17.2. The van der Waals surface area contributed by atoms with Crippen molar-refractivity contribution < 1.29 is 9.59 Å². The van der Waals surface area contributed by atoms with Crippen molar-refractivity contribution in [2.75, 3.05) is 16.0 Å². The Labute approximate surface area is 193 Å². The van der Waals surface area contributed by atoms with Crippen molar-refractivity contribution in [1.29, 1.82) is 0 Å². The molecule has 4 N–H and O–H groups in total. The smallest absolute Gasteiger partial charge is 0.258 e. The molecule has 2 amide bonds. The van der Waals surface area contributed by atoms with Crippen molar-refractivity contribution in [1.82, 2.24) is 9.97 Å². The van der Waals surface area contributed by atoms with Crippen molar-refractivity contribution in [2.24, 2.45) is 0 Å². The molecule has 3 aromatic rings. The van der Waals surface area contributed by atoms with Gasteiger partial charge >= 0.3 is 0 Å². The zero-order valence-corrected chi connectivity index (χ0v) is 18.7. The van der Waals surface area contributed by atoms with Gasteiger partial charge in [-0.3, -0.25) is 19.4 Å². The quantitative estimate of drug-likeness (QED) is 0.446. The Hall–Kier alpha value is -3.36. The molecular formula is C22H19Cl2N5O3. The first-order chi connectivity index (χ1) is 15.2. The van der Waals surface area contributed by atoms with Crippen LogP contribution < -0.4 is 21.5 Å². The van der Waals surface area contributed by atoms with Crippen molar-refractivity contribution in [2.45, 2.75) is 26.2 Å². The molecule has 32 heavy (non-hydrogen) atoms. The largest absolute Gasteiger partial charge is 0.326 e. The van der Waals surface area contributed by atoms with Crippen LogP contribution in [-0.4, -0.2) is 21.8 Å². The minimum absolute atomic E-state index is 0.0261. The van der Waals surface area contributed by atoms with Gasteiger partial charge in [0.1, 0.15) is 5.82 Å². The van der Waals surface area contributed by atoms with Crippen LogP contribution in [0, 0.1) is 13.8 Å². The van der Waals surface area contributed by atoms with Gasteiger partial charge in [-0.25, -0.2) is 0 Å². The Morgan fingerprint density at radius 3 is 2.50 bits per heavy atom. The second-order valence-corrected chi connectivity index (χ2v) is 8.44. The fourth-order valence-corrected chi connectivity index (χ4v) is 4.10. The van der Waals surface area contributed by atoms with E-state index in [1.807, 2.05) is 32.0 Å². The number of H-pyrrole nitrogens is 1. The van der Waals surface area contributed by atoms with Crippen LogP contribution in [0.5, 0.6) is 0 Å². The first kappa shape index (κ1) is 21.9. The average molecular weight is 472 g/mol. The summed E-state index contributed by atoms with van der Waals surface area (Å²) in [6, 6.07) is 10.4. The molecule has 0 bridgehead atoms. The lowest BCUT2D eigenvalue weighted by atomic mass is 9.92. The maximum absolute atomic E-state index is 13.0.